The molecular weight excluding hydrogens is 533 g/mol. The number of hydrogen-bond acceptors (Lipinski definition) is 4. The number of carbonyl (C=O) groups excluding carboxylic acids is 2. The monoisotopic (exact) mass is 569 g/mol. The Hall–Kier alpha value is -2.29. The van der Waals surface area contributed by atoms with Gasteiger partial charge >= 0.3 is 0 Å². The highest BCUT2D eigenvalue weighted by atomic mass is 35.5. The lowest BCUT2D eigenvalue weighted by Gasteiger charge is -2.30. The highest BCUT2D eigenvalue weighted by Gasteiger charge is 2.27. The molecule has 0 fully saturated rings. The molecule has 2 amide bonds. The van der Waals surface area contributed by atoms with E-state index >= 15 is 0 Å². The summed E-state index contributed by atoms with van der Waals surface area (Å²) in [5.74, 6) is -0.492. The fourth-order valence-electron chi connectivity index (χ4n) is 3.94. The molecule has 0 spiro atoms. The average Bonchev–Trinajstić information content (AvgIpc) is 2.83. The second-order valence-corrected chi connectivity index (χ2v) is 12.0. The smallest absolute Gasteiger partial charge is 0.242 e. The van der Waals surface area contributed by atoms with E-state index < -0.39 is 16.1 Å². The number of rotatable bonds is 13. The van der Waals surface area contributed by atoms with Gasteiger partial charge in [0.05, 0.1) is 22.0 Å². The molecule has 0 bridgehead atoms. The van der Waals surface area contributed by atoms with Crippen molar-refractivity contribution < 1.29 is 18.0 Å². The number of benzene rings is 2. The summed E-state index contributed by atoms with van der Waals surface area (Å²) >= 11 is 12.2. The highest BCUT2D eigenvalue weighted by Crippen LogP contribution is 2.26. The van der Waals surface area contributed by atoms with E-state index in [9.17, 15) is 18.0 Å². The summed E-state index contributed by atoms with van der Waals surface area (Å²) in [7, 11) is -3.56. The molecule has 0 radical (unpaired) electrons. The van der Waals surface area contributed by atoms with Gasteiger partial charge in [-0.25, -0.2) is 8.42 Å². The van der Waals surface area contributed by atoms with Crippen molar-refractivity contribution in [2.24, 2.45) is 0 Å². The number of unbranched alkanes of at least 4 members (excludes halogenated alkanes) is 1. The van der Waals surface area contributed by atoms with Gasteiger partial charge in [-0.2, -0.15) is 0 Å². The SMILES string of the molecule is CCCCNC(=O)[C@H](C)N(Cc1ccc(Cl)c(Cl)c1)C(=O)CCCN(c1cccc(C)c1C)S(C)(=O)=O. The van der Waals surface area contributed by atoms with Crippen LogP contribution in [0.3, 0.4) is 0 Å². The van der Waals surface area contributed by atoms with Gasteiger partial charge in [-0.1, -0.05) is 54.7 Å². The Balaban J connectivity index is 2.21. The minimum absolute atomic E-state index is 0.0742. The average molecular weight is 571 g/mol. The summed E-state index contributed by atoms with van der Waals surface area (Å²) in [4.78, 5) is 27.7. The van der Waals surface area contributed by atoms with E-state index in [0.29, 0.717) is 28.7 Å². The lowest BCUT2D eigenvalue weighted by Crippen LogP contribution is -2.48. The molecule has 2 rings (SSSR count). The fourth-order valence-corrected chi connectivity index (χ4v) is 5.28. The Morgan fingerprint density at radius 3 is 2.38 bits per heavy atom. The fraction of sp³-hybridized carbons (Fsp3) is 0.481. The van der Waals surface area contributed by atoms with Crippen LogP contribution in [0.2, 0.25) is 10.0 Å². The first-order valence-electron chi connectivity index (χ1n) is 12.4. The minimum Gasteiger partial charge on any atom is -0.354 e. The number of anilines is 1. The van der Waals surface area contributed by atoms with Crippen LogP contribution in [0, 0.1) is 13.8 Å². The van der Waals surface area contributed by atoms with Crippen LogP contribution < -0.4 is 9.62 Å². The number of amides is 2. The maximum Gasteiger partial charge on any atom is 0.242 e. The molecule has 0 aliphatic heterocycles. The van der Waals surface area contributed by atoms with Gasteiger partial charge in [0.2, 0.25) is 21.8 Å². The summed E-state index contributed by atoms with van der Waals surface area (Å²) in [6.07, 6.45) is 3.32. The summed E-state index contributed by atoms with van der Waals surface area (Å²) in [5, 5.41) is 3.65. The molecule has 37 heavy (non-hydrogen) atoms. The molecule has 2 aromatic rings. The standard InChI is InChI=1S/C27H37Cl2N3O4S/c1-6-7-15-30-27(34)21(4)31(18-22-13-14-23(28)24(29)17-22)26(33)12-9-16-32(37(5,35)36)25-11-8-10-19(2)20(25)3/h8,10-11,13-14,17,21H,6-7,9,12,15-16,18H2,1-5H3,(H,30,34)/t21-/m0/s1. The van der Waals surface area contributed by atoms with Crippen LogP contribution in [0.25, 0.3) is 0 Å². The van der Waals surface area contributed by atoms with Crippen molar-refractivity contribution in [2.45, 2.75) is 66.0 Å². The topological polar surface area (TPSA) is 86.8 Å². The number of halogens is 2. The summed E-state index contributed by atoms with van der Waals surface area (Å²) in [6, 6.07) is 9.89. The van der Waals surface area contributed by atoms with E-state index in [4.69, 9.17) is 23.2 Å². The first-order valence-corrected chi connectivity index (χ1v) is 15.0. The van der Waals surface area contributed by atoms with E-state index in [0.717, 1.165) is 35.8 Å². The Labute approximate surface area is 231 Å². The first kappa shape index (κ1) is 30.9. The third-order valence-corrected chi connectivity index (χ3v) is 8.25. The third kappa shape index (κ3) is 8.90. The van der Waals surface area contributed by atoms with Crippen LogP contribution in [0.1, 0.15) is 56.2 Å². The van der Waals surface area contributed by atoms with Crippen LogP contribution in [-0.2, 0) is 26.2 Å². The molecule has 0 aliphatic carbocycles. The van der Waals surface area contributed by atoms with E-state index in [-0.39, 0.29) is 31.3 Å². The number of hydrogen-bond donors (Lipinski definition) is 1. The second kappa shape index (κ2) is 14.0. The van der Waals surface area contributed by atoms with Crippen molar-refractivity contribution >= 4 is 50.7 Å². The van der Waals surface area contributed by atoms with Gasteiger partial charge in [-0.05, 0) is 68.5 Å². The normalized spacial score (nSPS) is 12.2. The van der Waals surface area contributed by atoms with Crippen molar-refractivity contribution in [1.29, 1.82) is 0 Å². The quantitative estimate of drug-likeness (QED) is 0.323. The Kier molecular flexibility index (Phi) is 11.7. The molecule has 7 nitrogen and oxygen atoms in total. The molecule has 0 unspecified atom stereocenters. The first-order chi connectivity index (χ1) is 17.4. The van der Waals surface area contributed by atoms with Gasteiger partial charge in [0.25, 0.3) is 0 Å². The third-order valence-electron chi connectivity index (χ3n) is 6.33. The van der Waals surface area contributed by atoms with Crippen LogP contribution in [0.5, 0.6) is 0 Å². The van der Waals surface area contributed by atoms with Gasteiger partial charge in [-0.3, -0.25) is 13.9 Å². The zero-order valence-corrected chi connectivity index (χ0v) is 24.5. The molecular formula is C27H37Cl2N3O4S. The van der Waals surface area contributed by atoms with Gasteiger partial charge in [0.1, 0.15) is 6.04 Å². The zero-order chi connectivity index (χ0) is 27.8. The van der Waals surface area contributed by atoms with Crippen LogP contribution in [0.15, 0.2) is 36.4 Å². The molecule has 1 N–H and O–H groups in total. The van der Waals surface area contributed by atoms with Crippen LogP contribution in [0.4, 0.5) is 5.69 Å². The number of nitrogens with zero attached hydrogens (tertiary/aromatic N) is 2. The molecule has 0 aliphatic rings. The van der Waals surface area contributed by atoms with Crippen molar-refractivity contribution in [2.75, 3.05) is 23.7 Å². The molecule has 204 valence electrons. The van der Waals surface area contributed by atoms with Crippen LogP contribution >= 0.6 is 23.2 Å². The van der Waals surface area contributed by atoms with E-state index in [1.165, 1.54) is 9.21 Å². The highest BCUT2D eigenvalue weighted by molar-refractivity contribution is 7.92. The summed E-state index contributed by atoms with van der Waals surface area (Å²) in [5.41, 5.74) is 3.20. The van der Waals surface area contributed by atoms with Crippen molar-refractivity contribution in [3.63, 3.8) is 0 Å². The largest absolute Gasteiger partial charge is 0.354 e. The minimum atomic E-state index is -3.56. The maximum absolute atomic E-state index is 13.4. The van der Waals surface area contributed by atoms with Crippen molar-refractivity contribution in [1.82, 2.24) is 10.2 Å². The number of sulfonamides is 1. The zero-order valence-electron chi connectivity index (χ0n) is 22.2. The lowest BCUT2D eigenvalue weighted by atomic mass is 10.1. The van der Waals surface area contributed by atoms with Gasteiger partial charge < -0.3 is 10.2 Å². The molecule has 0 saturated heterocycles. The maximum atomic E-state index is 13.4. The van der Waals surface area contributed by atoms with Gasteiger partial charge in [0.15, 0.2) is 0 Å². The Morgan fingerprint density at radius 1 is 1.05 bits per heavy atom. The predicted molar refractivity (Wildman–Crippen MR) is 152 cm³/mol. The molecule has 2 aromatic carbocycles. The second-order valence-electron chi connectivity index (χ2n) is 9.25. The van der Waals surface area contributed by atoms with Gasteiger partial charge in [0, 0.05) is 26.1 Å². The number of carbonyl (C=O) groups is 2. The van der Waals surface area contributed by atoms with Crippen molar-refractivity contribution in [3.05, 3.63) is 63.1 Å². The summed E-state index contributed by atoms with van der Waals surface area (Å²) in [6.45, 7) is 8.39. The Bertz CT molecular complexity index is 1200. The Morgan fingerprint density at radius 2 is 1.76 bits per heavy atom. The van der Waals surface area contributed by atoms with E-state index in [1.54, 1.807) is 31.2 Å². The summed E-state index contributed by atoms with van der Waals surface area (Å²) < 4.78 is 26.5. The predicted octanol–water partition coefficient (Wildman–Crippen LogP) is 5.49. The lowest BCUT2D eigenvalue weighted by molar-refractivity contribution is -0.140. The molecule has 0 heterocycles. The number of nitrogens with one attached hydrogen (secondary N) is 1. The molecule has 10 heteroatoms. The van der Waals surface area contributed by atoms with Gasteiger partial charge in [-0.15, -0.1) is 0 Å². The molecule has 1 atom stereocenters. The van der Waals surface area contributed by atoms with Crippen LogP contribution in [-0.4, -0.2) is 50.5 Å². The molecule has 0 aromatic heterocycles. The van der Waals surface area contributed by atoms with E-state index in [1.807, 2.05) is 32.9 Å². The van der Waals surface area contributed by atoms with Crippen molar-refractivity contribution in [3.8, 4) is 0 Å². The van der Waals surface area contributed by atoms with E-state index in [2.05, 4.69) is 5.32 Å². The molecule has 0 saturated carbocycles. The number of aryl methyl sites for hydroxylation is 1.